The van der Waals surface area contributed by atoms with Crippen molar-refractivity contribution in [2.45, 2.75) is 44.1 Å². The second-order valence-corrected chi connectivity index (χ2v) is 6.67. The highest BCUT2D eigenvalue weighted by atomic mass is 16.5. The van der Waals surface area contributed by atoms with Crippen LogP contribution in [0.25, 0.3) is 0 Å². The van der Waals surface area contributed by atoms with E-state index in [2.05, 4.69) is 5.10 Å². The van der Waals surface area contributed by atoms with Gasteiger partial charge in [-0.3, -0.25) is 0 Å². The van der Waals surface area contributed by atoms with Crippen LogP contribution in [0.2, 0.25) is 0 Å². The van der Waals surface area contributed by atoms with Crippen LogP contribution < -0.4 is 0 Å². The van der Waals surface area contributed by atoms with Crippen molar-refractivity contribution in [2.24, 2.45) is 0 Å². The van der Waals surface area contributed by atoms with E-state index in [1.165, 1.54) is 0 Å². The van der Waals surface area contributed by atoms with Gasteiger partial charge in [0.2, 0.25) is 0 Å². The molecule has 0 saturated heterocycles. The van der Waals surface area contributed by atoms with Crippen LogP contribution in [0.3, 0.4) is 0 Å². The lowest BCUT2D eigenvalue weighted by Crippen LogP contribution is -2.35. The molecule has 146 valence electrons. The summed E-state index contributed by atoms with van der Waals surface area (Å²) in [4.78, 5) is 12.5. The van der Waals surface area contributed by atoms with E-state index in [9.17, 15) is 9.90 Å². The van der Waals surface area contributed by atoms with Crippen molar-refractivity contribution in [3.05, 3.63) is 53.9 Å². The third-order valence-electron chi connectivity index (χ3n) is 4.80. The highest BCUT2D eigenvalue weighted by Crippen LogP contribution is 2.35. The smallest absolute Gasteiger partial charge is 0.338 e. The van der Waals surface area contributed by atoms with E-state index >= 15 is 0 Å². The number of aromatic nitrogens is 2. The van der Waals surface area contributed by atoms with E-state index in [0.717, 1.165) is 5.69 Å². The van der Waals surface area contributed by atoms with Gasteiger partial charge in [-0.2, -0.15) is 5.10 Å². The number of hydrogen-bond donors (Lipinski definition) is 1. The molecule has 1 saturated carbocycles. The lowest BCUT2D eigenvalue weighted by molar-refractivity contribution is -0.0105. The Bertz CT molecular complexity index is 718. The maximum Gasteiger partial charge on any atom is 0.338 e. The molecule has 7 nitrogen and oxygen atoms in total. The molecule has 1 heterocycles. The van der Waals surface area contributed by atoms with Crippen LogP contribution >= 0.6 is 0 Å². The molecular weight excluding hydrogens is 348 g/mol. The van der Waals surface area contributed by atoms with Gasteiger partial charge >= 0.3 is 5.97 Å². The number of ether oxygens (including phenoxy) is 3. The zero-order valence-electron chi connectivity index (χ0n) is 15.5. The number of methoxy groups -OCH3 is 1. The van der Waals surface area contributed by atoms with Crippen LogP contribution in [0.5, 0.6) is 0 Å². The molecule has 1 aliphatic rings. The number of aliphatic hydroxyl groups excluding tert-OH is 1. The lowest BCUT2D eigenvalue weighted by Gasteiger charge is -2.34. The molecule has 0 amide bonds. The minimum Gasteiger partial charge on any atom is -0.458 e. The number of carbonyl (C=O) groups is 1. The molecule has 2 aromatic rings. The number of esters is 1. The van der Waals surface area contributed by atoms with Crippen LogP contribution in [0.4, 0.5) is 0 Å². The molecule has 3 atom stereocenters. The van der Waals surface area contributed by atoms with Gasteiger partial charge in [-0.25, -0.2) is 9.48 Å². The van der Waals surface area contributed by atoms with Crippen LogP contribution in [0.15, 0.2) is 42.6 Å². The fourth-order valence-electron chi connectivity index (χ4n) is 3.41. The van der Waals surface area contributed by atoms with E-state index in [0.29, 0.717) is 38.0 Å². The summed E-state index contributed by atoms with van der Waals surface area (Å²) in [6.07, 6.45) is 2.72. The van der Waals surface area contributed by atoms with Crippen LogP contribution in [0.1, 0.15) is 41.2 Å². The molecule has 0 radical (unpaired) electrons. The Morgan fingerprint density at radius 2 is 2.04 bits per heavy atom. The monoisotopic (exact) mass is 374 g/mol. The van der Waals surface area contributed by atoms with Gasteiger partial charge in [0.15, 0.2) is 0 Å². The number of aliphatic hydroxyl groups is 1. The standard InChI is InChI=1S/C20H26N2O5/c1-25-11-12-26-14-22-18(9-10-21-22)17-13-16(23)7-8-19(17)27-20(24)15-5-3-2-4-6-15/h2-6,9-10,16-17,19,23H,7-8,11-14H2,1H3/t16-,17?,19?/m0/s1. The lowest BCUT2D eigenvalue weighted by atomic mass is 9.82. The fraction of sp³-hybridized carbons (Fsp3) is 0.500. The summed E-state index contributed by atoms with van der Waals surface area (Å²) in [6.45, 7) is 1.27. The average Bonchev–Trinajstić information content (AvgIpc) is 3.15. The first-order valence-corrected chi connectivity index (χ1v) is 9.21. The Balaban J connectivity index is 1.71. The van der Waals surface area contributed by atoms with Crippen molar-refractivity contribution in [1.29, 1.82) is 0 Å². The van der Waals surface area contributed by atoms with Crippen molar-refractivity contribution in [3.8, 4) is 0 Å². The molecule has 27 heavy (non-hydrogen) atoms. The van der Waals surface area contributed by atoms with Crippen LogP contribution in [-0.2, 0) is 20.9 Å². The second-order valence-electron chi connectivity index (χ2n) is 6.67. The summed E-state index contributed by atoms with van der Waals surface area (Å²) in [5.74, 6) is -0.473. The maximum absolute atomic E-state index is 12.5. The fourth-order valence-corrected chi connectivity index (χ4v) is 3.41. The number of carbonyl (C=O) groups excluding carboxylic acids is 1. The molecule has 0 aliphatic heterocycles. The zero-order valence-corrected chi connectivity index (χ0v) is 15.5. The van der Waals surface area contributed by atoms with Gasteiger partial charge in [0.25, 0.3) is 0 Å². The summed E-state index contributed by atoms with van der Waals surface area (Å²) < 4.78 is 18.1. The SMILES string of the molecule is COCCOCn1nccc1C1C[C@@H](O)CCC1OC(=O)c1ccccc1. The quantitative estimate of drug-likeness (QED) is 0.564. The summed E-state index contributed by atoms with van der Waals surface area (Å²) in [5, 5.41) is 14.5. The van der Waals surface area contributed by atoms with E-state index in [4.69, 9.17) is 14.2 Å². The second kappa shape index (κ2) is 9.64. The third-order valence-corrected chi connectivity index (χ3v) is 4.80. The molecule has 0 spiro atoms. The minimum atomic E-state index is -0.417. The van der Waals surface area contributed by atoms with Gasteiger partial charge in [0.1, 0.15) is 12.8 Å². The first-order chi connectivity index (χ1) is 13.2. The largest absolute Gasteiger partial charge is 0.458 e. The van der Waals surface area contributed by atoms with Gasteiger partial charge in [-0.15, -0.1) is 0 Å². The molecule has 2 unspecified atom stereocenters. The molecule has 1 aliphatic carbocycles. The predicted molar refractivity (Wildman–Crippen MR) is 98.3 cm³/mol. The van der Waals surface area contributed by atoms with E-state index < -0.39 is 6.10 Å². The summed E-state index contributed by atoms with van der Waals surface area (Å²) in [5.41, 5.74) is 1.43. The van der Waals surface area contributed by atoms with Gasteiger partial charge in [-0.1, -0.05) is 18.2 Å². The predicted octanol–water partition coefficient (Wildman–Crippen LogP) is 2.36. The van der Waals surface area contributed by atoms with Crippen molar-refractivity contribution >= 4 is 5.97 Å². The van der Waals surface area contributed by atoms with Crippen molar-refractivity contribution in [1.82, 2.24) is 9.78 Å². The van der Waals surface area contributed by atoms with Gasteiger partial charge in [0, 0.05) is 24.9 Å². The van der Waals surface area contributed by atoms with Gasteiger partial charge in [0.05, 0.1) is 24.9 Å². The summed E-state index contributed by atoms with van der Waals surface area (Å²) >= 11 is 0. The van der Waals surface area contributed by atoms with Crippen molar-refractivity contribution in [3.63, 3.8) is 0 Å². The molecule has 1 aromatic heterocycles. The molecule has 7 heteroatoms. The summed E-state index contributed by atoms with van der Waals surface area (Å²) in [7, 11) is 1.62. The Labute approximate surface area is 158 Å². The summed E-state index contributed by atoms with van der Waals surface area (Å²) in [6, 6.07) is 10.9. The van der Waals surface area contributed by atoms with Gasteiger partial charge in [-0.05, 0) is 37.5 Å². The topological polar surface area (TPSA) is 82.8 Å². The Morgan fingerprint density at radius 3 is 2.81 bits per heavy atom. The zero-order chi connectivity index (χ0) is 19.1. The average molecular weight is 374 g/mol. The van der Waals surface area contributed by atoms with E-state index in [1.807, 2.05) is 24.3 Å². The van der Waals surface area contributed by atoms with Crippen LogP contribution in [0, 0.1) is 0 Å². The van der Waals surface area contributed by atoms with E-state index in [-0.39, 0.29) is 24.7 Å². The number of nitrogens with zero attached hydrogens (tertiary/aromatic N) is 2. The first-order valence-electron chi connectivity index (χ1n) is 9.21. The van der Waals surface area contributed by atoms with E-state index in [1.54, 1.807) is 30.1 Å². The Hall–Kier alpha value is -2.22. The first kappa shape index (κ1) is 19.5. The normalized spacial score (nSPS) is 22.5. The molecule has 1 N–H and O–H groups in total. The van der Waals surface area contributed by atoms with Crippen molar-refractivity contribution < 1.29 is 24.1 Å². The highest BCUT2D eigenvalue weighted by molar-refractivity contribution is 5.89. The number of rotatable bonds is 8. The number of benzene rings is 1. The van der Waals surface area contributed by atoms with Crippen LogP contribution in [-0.4, -0.2) is 53.4 Å². The van der Waals surface area contributed by atoms with Gasteiger partial charge < -0.3 is 19.3 Å². The molecule has 0 bridgehead atoms. The third kappa shape index (κ3) is 5.15. The Morgan fingerprint density at radius 1 is 1.22 bits per heavy atom. The highest BCUT2D eigenvalue weighted by Gasteiger charge is 2.35. The molecular formula is C20H26N2O5. The maximum atomic E-state index is 12.5. The Kier molecular flexibility index (Phi) is 6.98. The molecule has 1 aromatic carbocycles. The number of hydrogen-bond acceptors (Lipinski definition) is 6. The molecule has 3 rings (SSSR count). The minimum absolute atomic E-state index is 0.130. The molecule has 1 fully saturated rings. The van der Waals surface area contributed by atoms with Crippen molar-refractivity contribution in [2.75, 3.05) is 20.3 Å².